The molecule has 0 saturated heterocycles. The van der Waals surface area contributed by atoms with Gasteiger partial charge in [-0.05, 0) is 30.3 Å². The van der Waals surface area contributed by atoms with E-state index in [1.165, 1.54) is 0 Å². The van der Waals surface area contributed by atoms with E-state index in [1.54, 1.807) is 12.3 Å². The number of rotatable bonds is 2. The second-order valence-electron chi connectivity index (χ2n) is 4.83. The number of amides is 1. The van der Waals surface area contributed by atoms with E-state index in [9.17, 15) is 4.79 Å². The number of aromatic nitrogens is 2. The SMILES string of the molecule is O=C1C=c2cc(-c3ccnn3-c3ccccc3)ccc2=N1. The molecule has 0 aliphatic carbocycles. The van der Waals surface area contributed by atoms with Gasteiger partial charge in [0.1, 0.15) is 0 Å². The largest absolute Gasteiger partial charge is 0.270 e. The van der Waals surface area contributed by atoms with Crippen LogP contribution in [0.3, 0.4) is 0 Å². The zero-order chi connectivity index (χ0) is 14.2. The first kappa shape index (κ1) is 11.8. The van der Waals surface area contributed by atoms with E-state index < -0.39 is 0 Å². The van der Waals surface area contributed by atoms with Crippen LogP contribution in [0, 0.1) is 0 Å². The first-order valence-corrected chi connectivity index (χ1v) is 6.65. The van der Waals surface area contributed by atoms with Crippen LogP contribution >= 0.6 is 0 Å². The van der Waals surface area contributed by atoms with Gasteiger partial charge in [-0.1, -0.05) is 24.3 Å². The normalized spacial score (nSPS) is 12.7. The molecule has 0 bridgehead atoms. The molecule has 0 spiro atoms. The Labute approximate surface area is 120 Å². The summed E-state index contributed by atoms with van der Waals surface area (Å²) in [4.78, 5) is 15.3. The summed E-state index contributed by atoms with van der Waals surface area (Å²) in [5.74, 6) is -0.196. The molecule has 2 heterocycles. The number of fused-ring (bicyclic) bond motifs is 1. The van der Waals surface area contributed by atoms with Crippen LogP contribution in [0.5, 0.6) is 0 Å². The second kappa shape index (κ2) is 4.52. The highest BCUT2D eigenvalue weighted by Gasteiger charge is 2.09. The first-order chi connectivity index (χ1) is 10.3. The average Bonchev–Trinajstić information content (AvgIpc) is 3.12. The van der Waals surface area contributed by atoms with E-state index in [0.29, 0.717) is 0 Å². The van der Waals surface area contributed by atoms with Crippen LogP contribution in [-0.2, 0) is 4.79 Å². The van der Waals surface area contributed by atoms with Gasteiger partial charge in [0.15, 0.2) is 0 Å². The molecule has 4 nitrogen and oxygen atoms in total. The quantitative estimate of drug-likeness (QED) is 0.710. The zero-order valence-electron chi connectivity index (χ0n) is 11.1. The molecule has 4 heteroatoms. The number of nitrogens with zero attached hydrogens (tertiary/aromatic N) is 3. The summed E-state index contributed by atoms with van der Waals surface area (Å²) in [6.45, 7) is 0. The minimum atomic E-state index is -0.196. The number of para-hydroxylation sites is 1. The van der Waals surface area contributed by atoms with Gasteiger partial charge >= 0.3 is 0 Å². The van der Waals surface area contributed by atoms with Crippen molar-refractivity contribution in [3.63, 3.8) is 0 Å². The van der Waals surface area contributed by atoms with Crippen molar-refractivity contribution in [2.75, 3.05) is 0 Å². The Kier molecular flexibility index (Phi) is 2.54. The van der Waals surface area contributed by atoms with Crippen molar-refractivity contribution in [1.29, 1.82) is 0 Å². The molecule has 2 aromatic carbocycles. The Morgan fingerprint density at radius 2 is 1.81 bits per heavy atom. The predicted molar refractivity (Wildman–Crippen MR) is 79.3 cm³/mol. The molecule has 0 fully saturated rings. The molecular formula is C17H11N3O. The van der Waals surface area contributed by atoms with Gasteiger partial charge in [-0.3, -0.25) is 4.79 Å². The Bertz CT molecular complexity index is 955. The third-order valence-corrected chi connectivity index (χ3v) is 3.48. The number of hydrogen-bond acceptors (Lipinski definition) is 2. The lowest BCUT2D eigenvalue weighted by Crippen LogP contribution is -2.20. The molecule has 4 rings (SSSR count). The maximum Gasteiger partial charge on any atom is 0.270 e. The lowest BCUT2D eigenvalue weighted by Gasteiger charge is -2.07. The van der Waals surface area contributed by atoms with Crippen molar-refractivity contribution in [2.45, 2.75) is 0 Å². The second-order valence-corrected chi connectivity index (χ2v) is 4.83. The van der Waals surface area contributed by atoms with E-state index in [1.807, 2.05) is 59.3 Å². The molecule has 3 aromatic rings. The molecule has 1 aromatic heterocycles. The third kappa shape index (κ3) is 1.97. The molecule has 1 amide bonds. The van der Waals surface area contributed by atoms with Gasteiger partial charge < -0.3 is 0 Å². The highest BCUT2D eigenvalue weighted by molar-refractivity contribution is 6.06. The standard InChI is InChI=1S/C17H11N3O/c21-17-11-13-10-12(6-7-15(13)19-17)16-8-9-18-20(16)14-4-2-1-3-5-14/h1-11H. The van der Waals surface area contributed by atoms with Crippen LogP contribution < -0.4 is 10.6 Å². The van der Waals surface area contributed by atoms with Crippen molar-refractivity contribution in [2.24, 2.45) is 4.99 Å². The molecule has 1 aliphatic heterocycles. The fraction of sp³-hybridized carbons (Fsp3) is 0. The maximum atomic E-state index is 11.3. The number of carbonyl (C=O) groups is 1. The topological polar surface area (TPSA) is 47.2 Å². The number of benzene rings is 2. The Hall–Kier alpha value is -3.01. The minimum Gasteiger partial charge on any atom is -0.267 e. The zero-order valence-corrected chi connectivity index (χ0v) is 11.1. The molecule has 0 atom stereocenters. The van der Waals surface area contributed by atoms with Gasteiger partial charge in [-0.25, -0.2) is 9.67 Å². The average molecular weight is 273 g/mol. The number of carbonyl (C=O) groups excluding carboxylic acids is 1. The van der Waals surface area contributed by atoms with Crippen LogP contribution in [0.2, 0.25) is 0 Å². The minimum absolute atomic E-state index is 0.196. The van der Waals surface area contributed by atoms with Crippen molar-refractivity contribution < 1.29 is 4.79 Å². The summed E-state index contributed by atoms with van der Waals surface area (Å²) in [5, 5.41) is 5.98. The van der Waals surface area contributed by atoms with Gasteiger partial charge in [0.05, 0.1) is 22.9 Å². The van der Waals surface area contributed by atoms with E-state index in [-0.39, 0.29) is 5.91 Å². The lowest BCUT2D eigenvalue weighted by atomic mass is 10.1. The third-order valence-electron chi connectivity index (χ3n) is 3.48. The van der Waals surface area contributed by atoms with Crippen molar-refractivity contribution in [3.8, 4) is 16.9 Å². The molecule has 0 N–H and O–H groups in total. The molecule has 0 radical (unpaired) electrons. The van der Waals surface area contributed by atoms with Gasteiger partial charge in [0, 0.05) is 16.9 Å². The Morgan fingerprint density at radius 3 is 2.67 bits per heavy atom. The van der Waals surface area contributed by atoms with Crippen molar-refractivity contribution >= 4 is 12.0 Å². The molecule has 100 valence electrons. The van der Waals surface area contributed by atoms with E-state index >= 15 is 0 Å². The fourth-order valence-electron chi connectivity index (χ4n) is 2.51. The molecule has 1 aliphatic rings. The van der Waals surface area contributed by atoms with Gasteiger partial charge in [0.2, 0.25) is 0 Å². The van der Waals surface area contributed by atoms with Crippen molar-refractivity contribution in [3.05, 3.63) is 71.4 Å². The lowest BCUT2D eigenvalue weighted by molar-refractivity contribution is -0.112. The molecule has 0 saturated carbocycles. The maximum absolute atomic E-state index is 11.3. The summed E-state index contributed by atoms with van der Waals surface area (Å²) in [6.07, 6.45) is 3.33. The summed E-state index contributed by atoms with van der Waals surface area (Å²) >= 11 is 0. The molecular weight excluding hydrogens is 262 g/mol. The van der Waals surface area contributed by atoms with Gasteiger partial charge in [0.25, 0.3) is 5.91 Å². The van der Waals surface area contributed by atoms with Crippen LogP contribution in [0.1, 0.15) is 0 Å². The van der Waals surface area contributed by atoms with Crippen LogP contribution in [-0.4, -0.2) is 15.7 Å². The number of hydrogen-bond donors (Lipinski definition) is 0. The highest BCUT2D eigenvalue weighted by Crippen LogP contribution is 2.20. The summed E-state index contributed by atoms with van der Waals surface area (Å²) < 4.78 is 1.88. The summed E-state index contributed by atoms with van der Waals surface area (Å²) in [5.41, 5.74) is 3.00. The van der Waals surface area contributed by atoms with E-state index in [0.717, 1.165) is 27.5 Å². The molecule has 0 unspecified atom stereocenters. The van der Waals surface area contributed by atoms with Crippen molar-refractivity contribution in [1.82, 2.24) is 9.78 Å². The predicted octanol–water partition coefficient (Wildman–Crippen LogP) is 1.48. The van der Waals surface area contributed by atoms with E-state index in [2.05, 4.69) is 10.1 Å². The Balaban J connectivity index is 1.89. The molecule has 21 heavy (non-hydrogen) atoms. The van der Waals surface area contributed by atoms with Crippen LogP contribution in [0.25, 0.3) is 23.0 Å². The summed E-state index contributed by atoms with van der Waals surface area (Å²) in [6, 6.07) is 17.7. The summed E-state index contributed by atoms with van der Waals surface area (Å²) in [7, 11) is 0. The van der Waals surface area contributed by atoms with E-state index in [4.69, 9.17) is 0 Å². The first-order valence-electron chi connectivity index (χ1n) is 6.65. The highest BCUT2D eigenvalue weighted by atomic mass is 16.1. The van der Waals surface area contributed by atoms with Crippen LogP contribution in [0.4, 0.5) is 0 Å². The van der Waals surface area contributed by atoms with Crippen LogP contribution in [0.15, 0.2) is 65.8 Å². The fourth-order valence-corrected chi connectivity index (χ4v) is 2.51. The van der Waals surface area contributed by atoms with Gasteiger partial charge in [-0.2, -0.15) is 5.10 Å². The smallest absolute Gasteiger partial charge is 0.267 e. The van der Waals surface area contributed by atoms with Gasteiger partial charge in [-0.15, -0.1) is 0 Å². The monoisotopic (exact) mass is 273 g/mol. The Morgan fingerprint density at radius 1 is 0.952 bits per heavy atom.